The zero-order valence-electron chi connectivity index (χ0n) is 16.8. The SMILES string of the molecule is COc1ccc(Cl)cc1NC1=C(c2ccc(C)cc2)C(=O)N(c2cccc(Cl)c2)C1=O. The predicted octanol–water partition coefficient (Wildman–Crippen LogP) is 5.71. The van der Waals surface area contributed by atoms with Crippen LogP contribution in [-0.2, 0) is 9.59 Å². The second-order valence-corrected chi connectivity index (χ2v) is 7.88. The minimum atomic E-state index is -0.495. The second-order valence-electron chi connectivity index (χ2n) is 7.01. The van der Waals surface area contributed by atoms with Gasteiger partial charge in [-0.2, -0.15) is 0 Å². The molecule has 0 saturated carbocycles. The first kappa shape index (κ1) is 21.0. The molecule has 0 atom stereocenters. The number of anilines is 2. The maximum absolute atomic E-state index is 13.4. The molecular formula is C24H18Cl2N2O3. The molecule has 1 N–H and O–H groups in total. The number of hydrogen-bond acceptors (Lipinski definition) is 4. The number of halogens is 2. The van der Waals surface area contributed by atoms with Crippen LogP contribution < -0.4 is 15.0 Å². The average Bonchev–Trinajstić information content (AvgIpc) is 2.98. The van der Waals surface area contributed by atoms with Crippen molar-refractivity contribution in [2.45, 2.75) is 6.92 Å². The lowest BCUT2D eigenvalue weighted by molar-refractivity contribution is -0.120. The summed E-state index contributed by atoms with van der Waals surface area (Å²) in [6.07, 6.45) is 0. The van der Waals surface area contributed by atoms with Crippen molar-refractivity contribution in [1.82, 2.24) is 0 Å². The molecule has 156 valence electrons. The van der Waals surface area contributed by atoms with Crippen LogP contribution >= 0.6 is 23.2 Å². The summed E-state index contributed by atoms with van der Waals surface area (Å²) >= 11 is 12.3. The van der Waals surface area contributed by atoms with Crippen LogP contribution in [0, 0.1) is 6.92 Å². The van der Waals surface area contributed by atoms with Crippen LogP contribution in [0.2, 0.25) is 10.0 Å². The van der Waals surface area contributed by atoms with Gasteiger partial charge >= 0.3 is 0 Å². The molecule has 0 saturated heterocycles. The average molecular weight is 453 g/mol. The van der Waals surface area contributed by atoms with E-state index in [1.807, 2.05) is 31.2 Å². The van der Waals surface area contributed by atoms with E-state index in [2.05, 4.69) is 5.32 Å². The van der Waals surface area contributed by atoms with Gasteiger partial charge in [-0.15, -0.1) is 0 Å². The van der Waals surface area contributed by atoms with E-state index in [0.29, 0.717) is 32.7 Å². The van der Waals surface area contributed by atoms with Crippen molar-refractivity contribution in [3.8, 4) is 5.75 Å². The molecule has 0 aliphatic carbocycles. The van der Waals surface area contributed by atoms with Crippen molar-refractivity contribution in [3.05, 3.63) is 93.6 Å². The van der Waals surface area contributed by atoms with Gasteiger partial charge in [0, 0.05) is 10.0 Å². The number of carbonyl (C=O) groups excluding carboxylic acids is 2. The van der Waals surface area contributed by atoms with Gasteiger partial charge in [0.05, 0.1) is 24.1 Å². The van der Waals surface area contributed by atoms with E-state index in [1.165, 1.54) is 7.11 Å². The molecule has 0 aromatic heterocycles. The van der Waals surface area contributed by atoms with E-state index >= 15 is 0 Å². The number of nitrogens with one attached hydrogen (secondary N) is 1. The Kier molecular flexibility index (Phi) is 5.72. The van der Waals surface area contributed by atoms with Crippen molar-refractivity contribution < 1.29 is 14.3 Å². The molecular weight excluding hydrogens is 435 g/mol. The molecule has 3 aromatic carbocycles. The first-order valence-electron chi connectivity index (χ1n) is 9.45. The number of rotatable bonds is 5. The normalized spacial score (nSPS) is 13.7. The fraction of sp³-hybridized carbons (Fsp3) is 0.0833. The van der Waals surface area contributed by atoms with Crippen molar-refractivity contribution in [3.63, 3.8) is 0 Å². The predicted molar refractivity (Wildman–Crippen MR) is 124 cm³/mol. The van der Waals surface area contributed by atoms with Crippen LogP contribution in [0.25, 0.3) is 5.57 Å². The third-order valence-electron chi connectivity index (χ3n) is 4.91. The highest BCUT2D eigenvalue weighted by Gasteiger charge is 2.40. The van der Waals surface area contributed by atoms with Gasteiger partial charge in [0.25, 0.3) is 11.8 Å². The lowest BCUT2D eigenvalue weighted by Gasteiger charge is -2.16. The molecule has 0 radical (unpaired) electrons. The minimum absolute atomic E-state index is 0.134. The summed E-state index contributed by atoms with van der Waals surface area (Å²) in [4.78, 5) is 28.0. The monoisotopic (exact) mass is 452 g/mol. The molecule has 1 heterocycles. The van der Waals surface area contributed by atoms with Crippen LogP contribution in [0.3, 0.4) is 0 Å². The largest absolute Gasteiger partial charge is 0.495 e. The molecule has 0 unspecified atom stereocenters. The standard InChI is InChI=1S/C24H18Cl2N2O3/c1-14-6-8-15(9-7-14)21-22(27-19-13-17(26)10-11-20(19)31-2)24(30)28(23(21)29)18-5-3-4-16(25)12-18/h3-13,27H,1-2H3. The molecule has 0 spiro atoms. The summed E-state index contributed by atoms with van der Waals surface area (Å²) < 4.78 is 5.39. The maximum Gasteiger partial charge on any atom is 0.282 e. The van der Waals surface area contributed by atoms with Gasteiger partial charge in [0.15, 0.2) is 0 Å². The van der Waals surface area contributed by atoms with Crippen LogP contribution in [0.5, 0.6) is 5.75 Å². The summed E-state index contributed by atoms with van der Waals surface area (Å²) in [5.74, 6) is -0.453. The maximum atomic E-state index is 13.4. The molecule has 2 amide bonds. The van der Waals surface area contributed by atoms with Crippen LogP contribution in [0.15, 0.2) is 72.4 Å². The van der Waals surface area contributed by atoms with Crippen LogP contribution in [-0.4, -0.2) is 18.9 Å². The summed E-state index contributed by atoms with van der Waals surface area (Å²) in [5.41, 5.74) is 2.92. The van der Waals surface area contributed by atoms with Crippen LogP contribution in [0.4, 0.5) is 11.4 Å². The summed E-state index contributed by atoms with van der Waals surface area (Å²) in [7, 11) is 1.52. The number of methoxy groups -OCH3 is 1. The highest BCUT2D eigenvalue weighted by Crippen LogP contribution is 2.37. The quantitative estimate of drug-likeness (QED) is 0.503. The first-order valence-corrected chi connectivity index (χ1v) is 10.2. The van der Waals surface area contributed by atoms with Crippen molar-refractivity contribution in [2.24, 2.45) is 0 Å². The lowest BCUT2D eigenvalue weighted by atomic mass is 10.0. The Morgan fingerprint density at radius 3 is 2.26 bits per heavy atom. The number of aryl methyl sites for hydroxylation is 1. The molecule has 7 heteroatoms. The Hall–Kier alpha value is -3.28. The number of amides is 2. The molecule has 3 aromatic rings. The molecule has 0 fully saturated rings. The van der Waals surface area contributed by atoms with E-state index in [4.69, 9.17) is 27.9 Å². The number of benzene rings is 3. The Bertz CT molecular complexity index is 1220. The minimum Gasteiger partial charge on any atom is -0.495 e. The van der Waals surface area contributed by atoms with E-state index in [1.54, 1.807) is 42.5 Å². The van der Waals surface area contributed by atoms with E-state index in [0.717, 1.165) is 10.5 Å². The van der Waals surface area contributed by atoms with E-state index in [-0.39, 0.29) is 11.3 Å². The van der Waals surface area contributed by atoms with Gasteiger partial charge in [-0.25, -0.2) is 4.90 Å². The van der Waals surface area contributed by atoms with Crippen molar-refractivity contribution in [1.29, 1.82) is 0 Å². The first-order chi connectivity index (χ1) is 14.9. The number of ether oxygens (including phenoxy) is 1. The Morgan fingerprint density at radius 2 is 1.58 bits per heavy atom. The molecule has 1 aliphatic rings. The summed E-state index contributed by atoms with van der Waals surface area (Å²) in [5, 5.41) is 3.97. The molecule has 0 bridgehead atoms. The van der Waals surface area contributed by atoms with Gasteiger partial charge in [-0.05, 0) is 48.9 Å². The Balaban J connectivity index is 1.86. The van der Waals surface area contributed by atoms with Crippen LogP contribution in [0.1, 0.15) is 11.1 Å². The Morgan fingerprint density at radius 1 is 0.871 bits per heavy atom. The van der Waals surface area contributed by atoms with Gasteiger partial charge in [-0.3, -0.25) is 9.59 Å². The van der Waals surface area contributed by atoms with E-state index < -0.39 is 11.8 Å². The van der Waals surface area contributed by atoms with Gasteiger partial charge in [0.2, 0.25) is 0 Å². The fourth-order valence-corrected chi connectivity index (χ4v) is 3.75. The zero-order chi connectivity index (χ0) is 22.1. The molecule has 5 nitrogen and oxygen atoms in total. The fourth-order valence-electron chi connectivity index (χ4n) is 3.40. The Labute approximate surface area is 189 Å². The molecule has 31 heavy (non-hydrogen) atoms. The van der Waals surface area contributed by atoms with E-state index in [9.17, 15) is 9.59 Å². The number of hydrogen-bond donors (Lipinski definition) is 1. The summed E-state index contributed by atoms with van der Waals surface area (Å²) in [6.45, 7) is 1.95. The number of imide groups is 1. The zero-order valence-corrected chi connectivity index (χ0v) is 18.3. The van der Waals surface area contributed by atoms with Crippen molar-refractivity contribution in [2.75, 3.05) is 17.3 Å². The highest BCUT2D eigenvalue weighted by atomic mass is 35.5. The van der Waals surface area contributed by atoms with Gasteiger partial charge < -0.3 is 10.1 Å². The smallest absolute Gasteiger partial charge is 0.282 e. The highest BCUT2D eigenvalue weighted by molar-refractivity contribution is 6.46. The topological polar surface area (TPSA) is 58.6 Å². The third kappa shape index (κ3) is 4.02. The molecule has 4 rings (SSSR count). The second kappa shape index (κ2) is 8.46. The number of nitrogens with zero attached hydrogens (tertiary/aromatic N) is 1. The lowest BCUT2D eigenvalue weighted by Crippen LogP contribution is -2.32. The third-order valence-corrected chi connectivity index (χ3v) is 5.38. The molecule has 1 aliphatic heterocycles. The summed E-state index contributed by atoms with van der Waals surface area (Å²) in [6, 6.07) is 19.0. The number of carbonyl (C=O) groups is 2. The van der Waals surface area contributed by atoms with Gasteiger partial charge in [-0.1, -0.05) is 59.1 Å². The van der Waals surface area contributed by atoms with Gasteiger partial charge in [0.1, 0.15) is 11.4 Å². The van der Waals surface area contributed by atoms with Crippen molar-refractivity contribution >= 4 is 52.0 Å².